The van der Waals surface area contributed by atoms with Gasteiger partial charge in [0.1, 0.15) is 12.4 Å². The summed E-state index contributed by atoms with van der Waals surface area (Å²) in [4.78, 5) is 28.2. The molecule has 3 aromatic carbocycles. The summed E-state index contributed by atoms with van der Waals surface area (Å²) in [5.41, 5.74) is 2.56. The lowest BCUT2D eigenvalue weighted by molar-refractivity contribution is -0.140. The molecular formula is C27H28N2O5. The molecule has 0 saturated heterocycles. The molecule has 1 N–H and O–H groups in total. The Bertz CT molecular complexity index is 1220. The van der Waals surface area contributed by atoms with Crippen molar-refractivity contribution in [2.24, 2.45) is 0 Å². The SMILES string of the molecule is COCCOC(=O)C1=C(C)N(Cc2ccccc2)C(=O)NC1c1c(OC)ccc2ccccc12. The van der Waals surface area contributed by atoms with Gasteiger partial charge in [0.25, 0.3) is 0 Å². The molecule has 34 heavy (non-hydrogen) atoms. The number of methoxy groups -OCH3 is 2. The van der Waals surface area contributed by atoms with Crippen LogP contribution >= 0.6 is 0 Å². The lowest BCUT2D eigenvalue weighted by Crippen LogP contribution is -2.47. The van der Waals surface area contributed by atoms with Crippen molar-refractivity contribution >= 4 is 22.8 Å². The van der Waals surface area contributed by atoms with Gasteiger partial charge in [-0.1, -0.05) is 60.7 Å². The molecule has 7 heteroatoms. The second-order valence-corrected chi connectivity index (χ2v) is 7.98. The fourth-order valence-corrected chi connectivity index (χ4v) is 4.27. The molecule has 0 bridgehead atoms. The highest BCUT2D eigenvalue weighted by molar-refractivity contribution is 5.98. The summed E-state index contributed by atoms with van der Waals surface area (Å²) >= 11 is 0. The van der Waals surface area contributed by atoms with Crippen LogP contribution in [-0.4, -0.2) is 44.3 Å². The first-order valence-electron chi connectivity index (χ1n) is 11.1. The maximum Gasteiger partial charge on any atom is 0.338 e. The van der Waals surface area contributed by atoms with E-state index >= 15 is 0 Å². The fourth-order valence-electron chi connectivity index (χ4n) is 4.27. The van der Waals surface area contributed by atoms with E-state index in [-0.39, 0.29) is 19.2 Å². The zero-order valence-corrected chi connectivity index (χ0v) is 19.5. The van der Waals surface area contributed by atoms with Gasteiger partial charge in [0.15, 0.2) is 0 Å². The van der Waals surface area contributed by atoms with Gasteiger partial charge in [0.05, 0.1) is 31.9 Å². The smallest absolute Gasteiger partial charge is 0.338 e. The van der Waals surface area contributed by atoms with Crippen LogP contribution in [0.5, 0.6) is 5.75 Å². The number of fused-ring (bicyclic) bond motifs is 1. The van der Waals surface area contributed by atoms with Crippen LogP contribution in [0.25, 0.3) is 10.8 Å². The fraction of sp³-hybridized carbons (Fsp3) is 0.259. The zero-order chi connectivity index (χ0) is 24.1. The predicted molar refractivity (Wildman–Crippen MR) is 129 cm³/mol. The van der Waals surface area contributed by atoms with Crippen molar-refractivity contribution in [2.75, 3.05) is 27.4 Å². The summed E-state index contributed by atoms with van der Waals surface area (Å²) in [6, 6.07) is 20.2. The first-order valence-corrected chi connectivity index (χ1v) is 11.1. The lowest BCUT2D eigenvalue weighted by atomic mass is 9.90. The van der Waals surface area contributed by atoms with E-state index in [1.165, 1.54) is 0 Å². The van der Waals surface area contributed by atoms with E-state index in [2.05, 4.69) is 5.32 Å². The van der Waals surface area contributed by atoms with Gasteiger partial charge in [0.2, 0.25) is 0 Å². The number of rotatable bonds is 8. The number of carbonyl (C=O) groups excluding carboxylic acids is 2. The molecule has 0 fully saturated rings. The summed E-state index contributed by atoms with van der Waals surface area (Å²) < 4.78 is 16.2. The number of hydrogen-bond acceptors (Lipinski definition) is 5. The minimum Gasteiger partial charge on any atom is -0.496 e. The number of esters is 1. The Kier molecular flexibility index (Phi) is 7.13. The van der Waals surface area contributed by atoms with Crippen molar-refractivity contribution < 1.29 is 23.8 Å². The molecule has 2 amide bonds. The van der Waals surface area contributed by atoms with Gasteiger partial charge in [-0.3, -0.25) is 4.90 Å². The molecular weight excluding hydrogens is 432 g/mol. The Balaban J connectivity index is 1.84. The summed E-state index contributed by atoms with van der Waals surface area (Å²) in [7, 11) is 3.12. The van der Waals surface area contributed by atoms with Gasteiger partial charge in [0, 0.05) is 18.4 Å². The van der Waals surface area contributed by atoms with Gasteiger partial charge in [-0.05, 0) is 29.3 Å². The van der Waals surface area contributed by atoms with E-state index in [0.29, 0.717) is 29.1 Å². The van der Waals surface area contributed by atoms with Gasteiger partial charge in [-0.2, -0.15) is 0 Å². The van der Waals surface area contributed by atoms with E-state index in [1.54, 1.807) is 26.0 Å². The van der Waals surface area contributed by atoms with Crippen LogP contribution in [0.4, 0.5) is 4.79 Å². The molecule has 7 nitrogen and oxygen atoms in total. The Morgan fingerprint density at radius 2 is 1.71 bits per heavy atom. The molecule has 1 aliphatic heterocycles. The standard InChI is InChI=1S/C27H28N2O5/c1-18-23(26(30)34-16-15-32-2)25(28-27(31)29(18)17-19-9-5-4-6-10-19)24-21-12-8-7-11-20(21)13-14-22(24)33-3/h4-14,25H,15-17H2,1-3H3,(H,28,31). The van der Waals surface area contributed by atoms with Crippen LogP contribution in [0.15, 0.2) is 78.0 Å². The topological polar surface area (TPSA) is 77.1 Å². The Labute approximate surface area is 198 Å². The van der Waals surface area contributed by atoms with E-state index in [9.17, 15) is 9.59 Å². The minimum absolute atomic E-state index is 0.109. The van der Waals surface area contributed by atoms with Crippen LogP contribution in [0.3, 0.4) is 0 Å². The summed E-state index contributed by atoms with van der Waals surface area (Å²) in [6.45, 7) is 2.49. The molecule has 4 rings (SSSR count). The van der Waals surface area contributed by atoms with Crippen LogP contribution in [-0.2, 0) is 20.8 Å². The Hall–Kier alpha value is -3.84. The van der Waals surface area contributed by atoms with E-state index in [4.69, 9.17) is 14.2 Å². The number of hydrogen-bond donors (Lipinski definition) is 1. The molecule has 3 aromatic rings. The highest BCUT2D eigenvalue weighted by atomic mass is 16.6. The van der Waals surface area contributed by atoms with Crippen molar-refractivity contribution in [3.8, 4) is 5.75 Å². The minimum atomic E-state index is -0.740. The summed E-state index contributed by atoms with van der Waals surface area (Å²) in [5, 5.41) is 4.90. The number of nitrogens with one attached hydrogen (secondary N) is 1. The van der Waals surface area contributed by atoms with Gasteiger partial charge < -0.3 is 19.5 Å². The first-order chi connectivity index (χ1) is 16.5. The molecule has 1 atom stereocenters. The van der Waals surface area contributed by atoms with Gasteiger partial charge >= 0.3 is 12.0 Å². The average Bonchev–Trinajstić information content (AvgIpc) is 2.86. The third kappa shape index (κ3) is 4.61. The normalized spacial score (nSPS) is 15.9. The van der Waals surface area contributed by atoms with E-state index < -0.39 is 12.0 Å². The molecule has 0 radical (unpaired) electrons. The molecule has 0 saturated carbocycles. The Morgan fingerprint density at radius 3 is 2.44 bits per heavy atom. The molecule has 1 heterocycles. The van der Waals surface area contributed by atoms with Crippen molar-refractivity contribution in [3.63, 3.8) is 0 Å². The number of ether oxygens (including phenoxy) is 3. The van der Waals surface area contributed by atoms with E-state index in [0.717, 1.165) is 16.3 Å². The highest BCUT2D eigenvalue weighted by Gasteiger charge is 2.38. The second-order valence-electron chi connectivity index (χ2n) is 7.98. The predicted octanol–water partition coefficient (Wildman–Crippen LogP) is 4.58. The van der Waals surface area contributed by atoms with Crippen LogP contribution in [0.1, 0.15) is 24.1 Å². The number of urea groups is 1. The first kappa shape index (κ1) is 23.3. The van der Waals surface area contributed by atoms with Gasteiger partial charge in [-0.15, -0.1) is 0 Å². The molecule has 1 aliphatic rings. The number of amides is 2. The summed E-state index contributed by atoms with van der Waals surface area (Å²) in [5.74, 6) is 0.0723. The number of benzene rings is 3. The molecule has 1 unspecified atom stereocenters. The number of carbonyl (C=O) groups is 2. The molecule has 0 aromatic heterocycles. The third-order valence-electron chi connectivity index (χ3n) is 5.96. The van der Waals surface area contributed by atoms with Gasteiger partial charge in [-0.25, -0.2) is 9.59 Å². The Morgan fingerprint density at radius 1 is 0.971 bits per heavy atom. The number of nitrogens with zero attached hydrogens (tertiary/aromatic N) is 1. The molecule has 176 valence electrons. The highest BCUT2D eigenvalue weighted by Crippen LogP contribution is 2.40. The average molecular weight is 461 g/mol. The van der Waals surface area contributed by atoms with Crippen LogP contribution < -0.4 is 10.1 Å². The van der Waals surface area contributed by atoms with Crippen LogP contribution in [0, 0.1) is 0 Å². The van der Waals surface area contributed by atoms with Crippen molar-refractivity contribution in [2.45, 2.75) is 19.5 Å². The van der Waals surface area contributed by atoms with Crippen molar-refractivity contribution in [1.82, 2.24) is 10.2 Å². The third-order valence-corrected chi connectivity index (χ3v) is 5.96. The second kappa shape index (κ2) is 10.4. The maximum atomic E-state index is 13.4. The number of allylic oxidation sites excluding steroid dienone is 1. The quantitative estimate of drug-likeness (QED) is 0.393. The van der Waals surface area contributed by atoms with E-state index in [1.807, 2.05) is 66.7 Å². The van der Waals surface area contributed by atoms with Crippen LogP contribution in [0.2, 0.25) is 0 Å². The largest absolute Gasteiger partial charge is 0.496 e. The maximum absolute atomic E-state index is 13.4. The zero-order valence-electron chi connectivity index (χ0n) is 19.5. The van der Waals surface area contributed by atoms with Crippen molar-refractivity contribution in [1.29, 1.82) is 0 Å². The summed E-state index contributed by atoms with van der Waals surface area (Å²) in [6.07, 6.45) is 0. The lowest BCUT2D eigenvalue weighted by Gasteiger charge is -2.36. The van der Waals surface area contributed by atoms with Crippen molar-refractivity contribution in [3.05, 3.63) is 89.1 Å². The molecule has 0 spiro atoms. The molecule has 0 aliphatic carbocycles. The monoisotopic (exact) mass is 460 g/mol.